The van der Waals surface area contributed by atoms with E-state index in [-0.39, 0.29) is 13.0 Å². The number of carbonyl (C=O) groups is 3. The second kappa shape index (κ2) is 7.73. The Labute approximate surface area is 188 Å². The van der Waals surface area contributed by atoms with Gasteiger partial charge in [0.1, 0.15) is 23.9 Å². The molecule has 3 heterocycles. The SMILES string of the molecule is Cc1cc(NC(=O)CN2C(=O)NC3(CCOc4ccccc43)C2=O)n(-c2ccc(F)cc2)n1. The molecule has 2 N–H and O–H groups in total. The number of imide groups is 1. The molecule has 0 bridgehead atoms. The number of rotatable bonds is 4. The number of benzene rings is 2. The predicted molar refractivity (Wildman–Crippen MR) is 115 cm³/mol. The number of nitrogens with one attached hydrogen (secondary N) is 2. The van der Waals surface area contributed by atoms with Crippen molar-refractivity contribution >= 4 is 23.7 Å². The second-order valence-electron chi connectivity index (χ2n) is 7.93. The molecule has 2 aromatic carbocycles. The van der Waals surface area contributed by atoms with Gasteiger partial charge < -0.3 is 15.4 Å². The topological polar surface area (TPSA) is 106 Å². The highest BCUT2D eigenvalue weighted by Crippen LogP contribution is 2.40. The molecule has 1 atom stereocenters. The first kappa shape index (κ1) is 20.7. The van der Waals surface area contributed by atoms with E-state index in [2.05, 4.69) is 15.7 Å². The fraction of sp³-hybridized carbons (Fsp3) is 0.217. The third-order valence-electron chi connectivity index (χ3n) is 5.73. The lowest BCUT2D eigenvalue weighted by molar-refractivity contribution is -0.135. The average Bonchev–Trinajstić information content (AvgIpc) is 3.27. The number of urea groups is 1. The molecule has 2 aliphatic rings. The molecule has 2 aliphatic heterocycles. The van der Waals surface area contributed by atoms with Crippen LogP contribution in [0.2, 0.25) is 0 Å². The van der Waals surface area contributed by atoms with Crippen molar-refractivity contribution in [3.05, 3.63) is 71.7 Å². The molecular formula is C23H20FN5O4. The summed E-state index contributed by atoms with van der Waals surface area (Å²) in [6, 6.07) is 13.7. The fourth-order valence-electron chi connectivity index (χ4n) is 4.21. The quantitative estimate of drug-likeness (QED) is 0.596. The van der Waals surface area contributed by atoms with E-state index >= 15 is 0 Å². The molecular weight excluding hydrogens is 429 g/mol. The summed E-state index contributed by atoms with van der Waals surface area (Å²) in [7, 11) is 0. The summed E-state index contributed by atoms with van der Waals surface area (Å²) >= 11 is 0. The van der Waals surface area contributed by atoms with Gasteiger partial charge in [0, 0.05) is 18.1 Å². The van der Waals surface area contributed by atoms with E-state index in [1.807, 2.05) is 0 Å². The number of hydrogen-bond donors (Lipinski definition) is 2. The fourth-order valence-corrected chi connectivity index (χ4v) is 4.21. The van der Waals surface area contributed by atoms with Crippen LogP contribution in [0.1, 0.15) is 17.7 Å². The summed E-state index contributed by atoms with van der Waals surface area (Å²) in [6.07, 6.45) is 0.267. The van der Waals surface area contributed by atoms with E-state index in [4.69, 9.17) is 4.74 Å². The van der Waals surface area contributed by atoms with Crippen LogP contribution in [-0.4, -0.2) is 45.7 Å². The minimum absolute atomic E-state index is 0.263. The van der Waals surface area contributed by atoms with Crippen molar-refractivity contribution in [2.75, 3.05) is 18.5 Å². The number of ether oxygens (including phenoxy) is 1. The van der Waals surface area contributed by atoms with Crippen LogP contribution >= 0.6 is 0 Å². The van der Waals surface area contributed by atoms with Crippen molar-refractivity contribution in [2.45, 2.75) is 18.9 Å². The number of para-hydroxylation sites is 1. The van der Waals surface area contributed by atoms with Gasteiger partial charge in [-0.2, -0.15) is 5.10 Å². The Morgan fingerprint density at radius 2 is 1.97 bits per heavy atom. The Bertz CT molecular complexity index is 1270. The van der Waals surface area contributed by atoms with Crippen LogP contribution < -0.4 is 15.4 Å². The van der Waals surface area contributed by atoms with Crippen molar-refractivity contribution in [1.29, 1.82) is 0 Å². The van der Waals surface area contributed by atoms with Crippen molar-refractivity contribution in [3.8, 4) is 11.4 Å². The van der Waals surface area contributed by atoms with Crippen molar-refractivity contribution in [3.63, 3.8) is 0 Å². The van der Waals surface area contributed by atoms with Gasteiger partial charge in [-0.1, -0.05) is 18.2 Å². The number of hydrogen-bond acceptors (Lipinski definition) is 5. The zero-order chi connectivity index (χ0) is 23.2. The van der Waals surface area contributed by atoms with Crippen LogP contribution in [0.25, 0.3) is 5.69 Å². The molecule has 9 nitrogen and oxygen atoms in total. The average molecular weight is 449 g/mol. The van der Waals surface area contributed by atoms with Crippen molar-refractivity contribution in [2.24, 2.45) is 0 Å². The Balaban J connectivity index is 1.36. The molecule has 4 amide bonds. The molecule has 0 aliphatic carbocycles. The Morgan fingerprint density at radius 1 is 1.21 bits per heavy atom. The number of amides is 4. The maximum atomic E-state index is 13.3. The van der Waals surface area contributed by atoms with Gasteiger partial charge in [0.25, 0.3) is 5.91 Å². The molecule has 10 heteroatoms. The van der Waals surface area contributed by atoms with Gasteiger partial charge in [-0.15, -0.1) is 0 Å². The highest BCUT2D eigenvalue weighted by Gasteiger charge is 2.55. The highest BCUT2D eigenvalue weighted by molar-refractivity contribution is 6.10. The van der Waals surface area contributed by atoms with Gasteiger partial charge in [-0.3, -0.25) is 14.5 Å². The second-order valence-corrected chi connectivity index (χ2v) is 7.93. The molecule has 1 aromatic heterocycles. The number of carbonyl (C=O) groups excluding carboxylic acids is 3. The van der Waals surface area contributed by atoms with E-state index in [0.29, 0.717) is 28.5 Å². The molecule has 0 radical (unpaired) electrons. The lowest BCUT2D eigenvalue weighted by Gasteiger charge is -2.33. The monoisotopic (exact) mass is 449 g/mol. The molecule has 1 fully saturated rings. The largest absolute Gasteiger partial charge is 0.493 e. The maximum Gasteiger partial charge on any atom is 0.325 e. The molecule has 5 rings (SSSR count). The summed E-state index contributed by atoms with van der Waals surface area (Å²) in [4.78, 5) is 39.7. The van der Waals surface area contributed by atoms with Gasteiger partial charge in [0.2, 0.25) is 5.91 Å². The van der Waals surface area contributed by atoms with Gasteiger partial charge in [0.15, 0.2) is 5.54 Å². The van der Waals surface area contributed by atoms with Gasteiger partial charge >= 0.3 is 6.03 Å². The van der Waals surface area contributed by atoms with Crippen LogP contribution in [0.5, 0.6) is 5.75 Å². The number of halogens is 1. The van der Waals surface area contributed by atoms with E-state index in [1.165, 1.54) is 28.9 Å². The number of nitrogens with zero attached hydrogens (tertiary/aromatic N) is 3. The van der Waals surface area contributed by atoms with Gasteiger partial charge in [-0.05, 0) is 37.3 Å². The smallest absolute Gasteiger partial charge is 0.325 e. The minimum Gasteiger partial charge on any atom is -0.493 e. The van der Waals surface area contributed by atoms with Gasteiger partial charge in [0.05, 0.1) is 18.0 Å². The van der Waals surface area contributed by atoms with E-state index < -0.39 is 35.7 Å². The molecule has 1 unspecified atom stereocenters. The van der Waals surface area contributed by atoms with Crippen LogP contribution in [-0.2, 0) is 15.1 Å². The lowest BCUT2D eigenvalue weighted by atomic mass is 9.84. The van der Waals surface area contributed by atoms with E-state index in [1.54, 1.807) is 37.3 Å². The maximum absolute atomic E-state index is 13.3. The highest BCUT2D eigenvalue weighted by atomic mass is 19.1. The predicted octanol–water partition coefficient (Wildman–Crippen LogP) is 2.49. The van der Waals surface area contributed by atoms with E-state index in [0.717, 1.165) is 4.90 Å². The Hall–Kier alpha value is -4.21. The van der Waals surface area contributed by atoms with Crippen LogP contribution in [0.4, 0.5) is 15.0 Å². The molecule has 0 saturated carbocycles. The number of anilines is 1. The first-order valence-corrected chi connectivity index (χ1v) is 10.4. The van der Waals surface area contributed by atoms with Gasteiger partial charge in [-0.25, -0.2) is 13.9 Å². The van der Waals surface area contributed by atoms with Crippen LogP contribution in [0, 0.1) is 12.7 Å². The summed E-state index contributed by atoms with van der Waals surface area (Å²) in [5, 5.41) is 9.78. The molecule has 3 aromatic rings. The van der Waals surface area contributed by atoms with Crippen LogP contribution in [0.3, 0.4) is 0 Å². The summed E-state index contributed by atoms with van der Waals surface area (Å²) < 4.78 is 20.4. The minimum atomic E-state index is -1.25. The molecule has 1 saturated heterocycles. The zero-order valence-corrected chi connectivity index (χ0v) is 17.7. The molecule has 1 spiro atoms. The third-order valence-corrected chi connectivity index (χ3v) is 5.73. The summed E-state index contributed by atoms with van der Waals surface area (Å²) in [6.45, 7) is 1.54. The van der Waals surface area contributed by atoms with Crippen LogP contribution in [0.15, 0.2) is 54.6 Å². The summed E-state index contributed by atoms with van der Waals surface area (Å²) in [5.74, 6) is -0.596. The number of aromatic nitrogens is 2. The standard InChI is InChI=1S/C23H20FN5O4/c1-14-12-19(29(27-14)16-8-6-15(24)7-9-16)25-20(30)13-28-21(31)23(26-22(28)32)10-11-33-18-5-3-2-4-17(18)23/h2-9,12H,10-11,13H2,1H3,(H,25,30)(H,26,32). The number of aryl methyl sites for hydroxylation is 1. The number of fused-ring (bicyclic) bond motifs is 2. The summed E-state index contributed by atoms with van der Waals surface area (Å²) in [5.41, 5.74) is 0.496. The lowest BCUT2D eigenvalue weighted by Crippen LogP contribution is -2.48. The third kappa shape index (κ3) is 3.49. The first-order valence-electron chi connectivity index (χ1n) is 10.4. The normalized spacial score (nSPS) is 19.3. The molecule has 168 valence electrons. The van der Waals surface area contributed by atoms with Crippen molar-refractivity contribution in [1.82, 2.24) is 20.0 Å². The first-order chi connectivity index (χ1) is 15.9. The Kier molecular flexibility index (Phi) is 4.85. The van der Waals surface area contributed by atoms with E-state index in [9.17, 15) is 18.8 Å². The zero-order valence-electron chi connectivity index (χ0n) is 17.7. The molecule has 33 heavy (non-hydrogen) atoms. The van der Waals surface area contributed by atoms with Crippen molar-refractivity contribution < 1.29 is 23.5 Å². The Morgan fingerprint density at radius 3 is 2.76 bits per heavy atom.